The molecule has 0 aliphatic carbocycles. The van der Waals surface area contributed by atoms with Gasteiger partial charge in [-0.2, -0.15) is 5.26 Å². The number of aromatic nitrogens is 2. The number of nitrogens with zero attached hydrogens (tertiary/aromatic N) is 3. The fourth-order valence-electron chi connectivity index (χ4n) is 0.670. The summed E-state index contributed by atoms with van der Waals surface area (Å²) in [6.07, 6.45) is 3.24. The van der Waals surface area contributed by atoms with E-state index in [0.717, 1.165) is 0 Å². The van der Waals surface area contributed by atoms with Gasteiger partial charge in [0.25, 0.3) is 0 Å². The van der Waals surface area contributed by atoms with E-state index in [4.69, 9.17) is 5.26 Å². The lowest BCUT2D eigenvalue weighted by atomic mass is 10.4. The molecule has 0 saturated carbocycles. The zero-order valence-electron chi connectivity index (χ0n) is 6.49. The van der Waals surface area contributed by atoms with Crippen molar-refractivity contribution in [1.29, 1.82) is 5.26 Å². The normalized spacial score (nSPS) is 8.58. The molecule has 0 bridgehead atoms. The Labute approximate surface area is 70.6 Å². The maximum atomic E-state index is 8.50. The average molecular weight is 160 g/mol. The van der Waals surface area contributed by atoms with Crippen molar-refractivity contribution in [2.75, 3.05) is 11.9 Å². The van der Waals surface area contributed by atoms with Crippen LogP contribution < -0.4 is 5.32 Å². The Hall–Kier alpha value is -1.89. The number of rotatable bonds is 3. The second-order valence-electron chi connectivity index (χ2n) is 2.05. The van der Waals surface area contributed by atoms with Gasteiger partial charge in [0, 0.05) is 12.7 Å². The van der Waals surface area contributed by atoms with Crippen LogP contribution in [-0.2, 0) is 0 Å². The van der Waals surface area contributed by atoms with E-state index in [1.54, 1.807) is 12.1 Å². The van der Waals surface area contributed by atoms with Gasteiger partial charge in [-0.15, -0.1) is 6.58 Å². The molecule has 60 valence electrons. The van der Waals surface area contributed by atoms with Crippen molar-refractivity contribution >= 4 is 5.95 Å². The summed E-state index contributed by atoms with van der Waals surface area (Å²) in [5.74, 6) is 0.453. The maximum absolute atomic E-state index is 8.50. The molecule has 0 fully saturated rings. The van der Waals surface area contributed by atoms with E-state index < -0.39 is 0 Å². The molecule has 1 heterocycles. The maximum Gasteiger partial charge on any atom is 0.224 e. The Morgan fingerprint density at radius 2 is 2.58 bits per heavy atom. The minimum absolute atomic E-state index is 0.358. The molecular formula is C8H8N4. The lowest BCUT2D eigenvalue weighted by molar-refractivity contribution is 1.10. The van der Waals surface area contributed by atoms with E-state index >= 15 is 0 Å². The standard InChI is InChI=1S/C8H8N4/c1-2-4-10-8-11-5-3-7(6-9)12-8/h2-3,5H,1,4H2,(H,10,11,12). The smallest absolute Gasteiger partial charge is 0.224 e. The van der Waals surface area contributed by atoms with Crippen LogP contribution in [0.1, 0.15) is 5.69 Å². The highest BCUT2D eigenvalue weighted by Crippen LogP contribution is 1.97. The van der Waals surface area contributed by atoms with Gasteiger partial charge in [0.05, 0.1) is 0 Å². The third-order valence-electron chi connectivity index (χ3n) is 1.17. The lowest BCUT2D eigenvalue weighted by Gasteiger charge is -1.99. The predicted molar refractivity (Wildman–Crippen MR) is 45.4 cm³/mol. The average Bonchev–Trinajstić information content (AvgIpc) is 2.15. The van der Waals surface area contributed by atoms with Gasteiger partial charge in [-0.25, -0.2) is 9.97 Å². The van der Waals surface area contributed by atoms with E-state index in [0.29, 0.717) is 18.2 Å². The van der Waals surface area contributed by atoms with Crippen LogP contribution in [0.3, 0.4) is 0 Å². The van der Waals surface area contributed by atoms with Gasteiger partial charge in [0.1, 0.15) is 11.8 Å². The SMILES string of the molecule is C=CCNc1nccc(C#N)n1. The molecular weight excluding hydrogens is 152 g/mol. The Morgan fingerprint density at radius 1 is 1.75 bits per heavy atom. The number of hydrogen-bond acceptors (Lipinski definition) is 4. The van der Waals surface area contributed by atoms with E-state index in [1.165, 1.54) is 6.20 Å². The van der Waals surface area contributed by atoms with Crippen LogP contribution in [0.15, 0.2) is 24.9 Å². The number of nitrogens with one attached hydrogen (secondary N) is 1. The zero-order chi connectivity index (χ0) is 8.81. The molecule has 4 nitrogen and oxygen atoms in total. The lowest BCUT2D eigenvalue weighted by Crippen LogP contribution is -2.02. The van der Waals surface area contributed by atoms with E-state index in [2.05, 4.69) is 21.9 Å². The van der Waals surface area contributed by atoms with Crippen LogP contribution in [0.25, 0.3) is 0 Å². The molecule has 0 radical (unpaired) electrons. The molecule has 0 aliphatic heterocycles. The molecule has 0 aromatic carbocycles. The molecule has 4 heteroatoms. The number of anilines is 1. The van der Waals surface area contributed by atoms with Gasteiger partial charge >= 0.3 is 0 Å². The molecule has 12 heavy (non-hydrogen) atoms. The fraction of sp³-hybridized carbons (Fsp3) is 0.125. The first-order valence-electron chi connectivity index (χ1n) is 3.44. The summed E-state index contributed by atoms with van der Waals surface area (Å²) in [6, 6.07) is 3.48. The minimum atomic E-state index is 0.358. The Balaban J connectivity index is 2.74. The highest BCUT2D eigenvalue weighted by Gasteiger charge is 1.94. The number of hydrogen-bond donors (Lipinski definition) is 1. The first-order chi connectivity index (χ1) is 5.86. The second kappa shape index (κ2) is 4.09. The highest BCUT2D eigenvalue weighted by atomic mass is 15.1. The van der Waals surface area contributed by atoms with Gasteiger partial charge in [0.15, 0.2) is 0 Å². The summed E-state index contributed by atoms with van der Waals surface area (Å²) in [5, 5.41) is 11.4. The molecule has 0 unspecified atom stereocenters. The van der Waals surface area contributed by atoms with Crippen LogP contribution in [-0.4, -0.2) is 16.5 Å². The molecule has 0 saturated heterocycles. The first-order valence-corrected chi connectivity index (χ1v) is 3.44. The summed E-state index contributed by atoms with van der Waals surface area (Å²) in [6.45, 7) is 4.13. The van der Waals surface area contributed by atoms with Gasteiger partial charge < -0.3 is 5.32 Å². The minimum Gasteiger partial charge on any atom is -0.351 e. The van der Waals surface area contributed by atoms with Crippen LogP contribution in [0.5, 0.6) is 0 Å². The van der Waals surface area contributed by atoms with Crippen LogP contribution in [0.2, 0.25) is 0 Å². The van der Waals surface area contributed by atoms with Gasteiger partial charge in [0.2, 0.25) is 5.95 Å². The van der Waals surface area contributed by atoms with Crippen LogP contribution in [0.4, 0.5) is 5.95 Å². The molecule has 1 rings (SSSR count). The Bertz CT molecular complexity index is 313. The van der Waals surface area contributed by atoms with E-state index in [1.807, 2.05) is 6.07 Å². The topological polar surface area (TPSA) is 61.6 Å². The number of nitriles is 1. The summed E-state index contributed by atoms with van der Waals surface area (Å²) < 4.78 is 0. The van der Waals surface area contributed by atoms with Crippen molar-refractivity contribution < 1.29 is 0 Å². The zero-order valence-corrected chi connectivity index (χ0v) is 6.49. The molecule has 1 aromatic heterocycles. The van der Waals surface area contributed by atoms with E-state index in [-0.39, 0.29) is 0 Å². The van der Waals surface area contributed by atoms with Crippen molar-refractivity contribution in [3.05, 3.63) is 30.6 Å². The van der Waals surface area contributed by atoms with Crippen LogP contribution in [0, 0.1) is 11.3 Å². The van der Waals surface area contributed by atoms with Crippen molar-refractivity contribution in [3.8, 4) is 6.07 Å². The second-order valence-corrected chi connectivity index (χ2v) is 2.05. The first kappa shape index (κ1) is 8.21. The summed E-state index contributed by atoms with van der Waals surface area (Å²) >= 11 is 0. The fourth-order valence-corrected chi connectivity index (χ4v) is 0.670. The molecule has 0 aliphatic rings. The Morgan fingerprint density at radius 3 is 3.25 bits per heavy atom. The molecule has 1 N–H and O–H groups in total. The van der Waals surface area contributed by atoms with Gasteiger partial charge in [-0.1, -0.05) is 6.08 Å². The summed E-state index contributed by atoms with van der Waals surface area (Å²) in [5.41, 5.74) is 0.358. The molecule has 0 spiro atoms. The largest absolute Gasteiger partial charge is 0.351 e. The molecule has 0 atom stereocenters. The van der Waals surface area contributed by atoms with Crippen molar-refractivity contribution in [2.45, 2.75) is 0 Å². The summed E-state index contributed by atoms with van der Waals surface area (Å²) in [7, 11) is 0. The van der Waals surface area contributed by atoms with Crippen molar-refractivity contribution in [3.63, 3.8) is 0 Å². The predicted octanol–water partition coefficient (Wildman–Crippen LogP) is 0.946. The quantitative estimate of drug-likeness (QED) is 0.668. The monoisotopic (exact) mass is 160 g/mol. The van der Waals surface area contributed by atoms with Crippen molar-refractivity contribution in [2.24, 2.45) is 0 Å². The van der Waals surface area contributed by atoms with Crippen molar-refractivity contribution in [1.82, 2.24) is 9.97 Å². The van der Waals surface area contributed by atoms with Gasteiger partial charge in [-0.3, -0.25) is 0 Å². The van der Waals surface area contributed by atoms with Crippen LogP contribution >= 0.6 is 0 Å². The summed E-state index contributed by atoms with van der Waals surface area (Å²) in [4.78, 5) is 7.80. The molecule has 1 aromatic rings. The Kier molecular flexibility index (Phi) is 2.79. The third kappa shape index (κ3) is 2.06. The van der Waals surface area contributed by atoms with Gasteiger partial charge in [-0.05, 0) is 6.07 Å². The molecule has 0 amide bonds. The highest BCUT2D eigenvalue weighted by molar-refractivity contribution is 5.30. The third-order valence-corrected chi connectivity index (χ3v) is 1.17. The van der Waals surface area contributed by atoms with E-state index in [9.17, 15) is 0 Å².